The molecular formula is C16H16O2S. The van der Waals surface area contributed by atoms with E-state index in [-0.39, 0.29) is 5.92 Å². The molecule has 3 heteroatoms. The normalized spacial score (nSPS) is 11.4. The number of hydrogen-bond donors (Lipinski definition) is 0. The summed E-state index contributed by atoms with van der Waals surface area (Å²) in [5, 5.41) is 0. The Morgan fingerprint density at radius 1 is 0.789 bits per heavy atom. The van der Waals surface area contributed by atoms with Crippen LogP contribution in [0.1, 0.15) is 38.7 Å². The second-order valence-corrected chi connectivity index (χ2v) is 6.10. The summed E-state index contributed by atoms with van der Waals surface area (Å²) in [6.45, 7) is 6.05. The molecule has 0 fully saturated rings. The van der Waals surface area contributed by atoms with Gasteiger partial charge in [0.25, 0.3) is 0 Å². The maximum atomic E-state index is 5.82. The molecule has 2 nitrogen and oxygen atoms in total. The highest BCUT2D eigenvalue weighted by Crippen LogP contribution is 2.37. The summed E-state index contributed by atoms with van der Waals surface area (Å²) in [5.74, 6) is 3.79. The second-order valence-electron chi connectivity index (χ2n) is 4.78. The maximum Gasteiger partial charge on any atom is 0.120 e. The standard InChI is InChI=1S/C16H16O2S/c1-10-4-7-13(17-10)16(14-8-5-11(2)18-14)15-9-6-12(3)19-15/h4-9,16H,1-3H3. The fourth-order valence-corrected chi connectivity index (χ4v) is 3.24. The lowest BCUT2D eigenvalue weighted by molar-refractivity contribution is 0.430. The predicted octanol–water partition coefficient (Wildman–Crippen LogP) is 5.04. The Balaban J connectivity index is 2.10. The van der Waals surface area contributed by atoms with Gasteiger partial charge in [-0.15, -0.1) is 11.3 Å². The van der Waals surface area contributed by atoms with Crippen LogP contribution in [0, 0.1) is 20.8 Å². The van der Waals surface area contributed by atoms with Crippen LogP contribution in [0.25, 0.3) is 0 Å². The van der Waals surface area contributed by atoms with Crippen LogP contribution in [0.4, 0.5) is 0 Å². The van der Waals surface area contributed by atoms with Crippen LogP contribution < -0.4 is 0 Å². The number of aryl methyl sites for hydroxylation is 3. The summed E-state index contributed by atoms with van der Waals surface area (Å²) < 4.78 is 11.6. The van der Waals surface area contributed by atoms with Gasteiger partial charge in [0, 0.05) is 9.75 Å². The summed E-state index contributed by atoms with van der Waals surface area (Å²) in [6, 6.07) is 12.4. The summed E-state index contributed by atoms with van der Waals surface area (Å²) in [7, 11) is 0. The first kappa shape index (κ1) is 12.3. The Morgan fingerprint density at radius 2 is 1.37 bits per heavy atom. The molecule has 3 aromatic rings. The fourth-order valence-electron chi connectivity index (χ4n) is 2.25. The zero-order chi connectivity index (χ0) is 13.4. The highest BCUT2D eigenvalue weighted by atomic mass is 32.1. The van der Waals surface area contributed by atoms with E-state index in [0.717, 1.165) is 23.0 Å². The zero-order valence-electron chi connectivity index (χ0n) is 11.3. The maximum absolute atomic E-state index is 5.82. The van der Waals surface area contributed by atoms with E-state index < -0.39 is 0 Å². The molecule has 0 N–H and O–H groups in total. The minimum absolute atomic E-state index is 0.0566. The van der Waals surface area contributed by atoms with E-state index >= 15 is 0 Å². The topological polar surface area (TPSA) is 26.3 Å². The lowest BCUT2D eigenvalue weighted by Crippen LogP contribution is -1.98. The summed E-state index contributed by atoms with van der Waals surface area (Å²) in [6.07, 6.45) is 0. The van der Waals surface area contributed by atoms with E-state index in [1.807, 2.05) is 38.1 Å². The number of thiophene rings is 1. The highest BCUT2D eigenvalue weighted by molar-refractivity contribution is 7.12. The lowest BCUT2D eigenvalue weighted by Gasteiger charge is -2.10. The van der Waals surface area contributed by atoms with Crippen molar-refractivity contribution in [1.82, 2.24) is 0 Å². The second kappa shape index (κ2) is 4.74. The van der Waals surface area contributed by atoms with Crippen molar-refractivity contribution in [2.24, 2.45) is 0 Å². The smallest absolute Gasteiger partial charge is 0.120 e. The van der Waals surface area contributed by atoms with Gasteiger partial charge in [0.05, 0.1) is 0 Å². The summed E-state index contributed by atoms with van der Waals surface area (Å²) in [4.78, 5) is 2.55. The van der Waals surface area contributed by atoms with E-state index in [1.54, 1.807) is 11.3 Å². The Bertz CT molecular complexity index is 591. The minimum atomic E-state index is 0.0566. The van der Waals surface area contributed by atoms with Crippen molar-refractivity contribution in [1.29, 1.82) is 0 Å². The van der Waals surface area contributed by atoms with Crippen molar-refractivity contribution in [2.45, 2.75) is 26.7 Å². The molecular weight excluding hydrogens is 256 g/mol. The van der Waals surface area contributed by atoms with Gasteiger partial charge in [0.2, 0.25) is 0 Å². The largest absolute Gasteiger partial charge is 0.465 e. The molecule has 0 bridgehead atoms. The molecule has 3 heterocycles. The van der Waals surface area contributed by atoms with Crippen LogP contribution in [0.15, 0.2) is 45.2 Å². The van der Waals surface area contributed by atoms with Gasteiger partial charge in [0.1, 0.15) is 29.0 Å². The minimum Gasteiger partial charge on any atom is -0.465 e. The van der Waals surface area contributed by atoms with Crippen molar-refractivity contribution in [3.63, 3.8) is 0 Å². The van der Waals surface area contributed by atoms with Crippen molar-refractivity contribution >= 4 is 11.3 Å². The van der Waals surface area contributed by atoms with Crippen LogP contribution in [-0.2, 0) is 0 Å². The molecule has 0 unspecified atom stereocenters. The molecule has 0 amide bonds. The van der Waals surface area contributed by atoms with Gasteiger partial charge in [-0.05, 0) is 57.2 Å². The van der Waals surface area contributed by atoms with Gasteiger partial charge in [-0.25, -0.2) is 0 Å². The molecule has 3 rings (SSSR count). The molecule has 0 atom stereocenters. The Labute approximate surface area is 116 Å². The first-order chi connectivity index (χ1) is 9.13. The number of rotatable bonds is 3. The SMILES string of the molecule is Cc1ccc(C(c2ccc(C)o2)c2ccc(C)s2)o1. The predicted molar refractivity (Wildman–Crippen MR) is 76.9 cm³/mol. The van der Waals surface area contributed by atoms with E-state index in [1.165, 1.54) is 9.75 Å². The number of hydrogen-bond acceptors (Lipinski definition) is 3. The first-order valence-corrected chi connectivity index (χ1v) is 7.14. The Morgan fingerprint density at radius 3 is 1.74 bits per heavy atom. The lowest BCUT2D eigenvalue weighted by atomic mass is 10.0. The van der Waals surface area contributed by atoms with Crippen LogP contribution in [0.3, 0.4) is 0 Å². The third kappa shape index (κ3) is 2.38. The van der Waals surface area contributed by atoms with Gasteiger partial charge in [0.15, 0.2) is 0 Å². The molecule has 3 aromatic heterocycles. The van der Waals surface area contributed by atoms with E-state index in [9.17, 15) is 0 Å². The molecule has 19 heavy (non-hydrogen) atoms. The molecule has 0 saturated carbocycles. The monoisotopic (exact) mass is 272 g/mol. The van der Waals surface area contributed by atoms with E-state index in [4.69, 9.17) is 8.83 Å². The number of furan rings is 2. The van der Waals surface area contributed by atoms with E-state index in [2.05, 4.69) is 19.1 Å². The molecule has 0 aliphatic rings. The Kier molecular flexibility index (Phi) is 3.07. The molecule has 0 radical (unpaired) electrons. The fraction of sp³-hybridized carbons (Fsp3) is 0.250. The van der Waals surface area contributed by atoms with Crippen molar-refractivity contribution in [3.8, 4) is 0 Å². The van der Waals surface area contributed by atoms with Crippen LogP contribution in [-0.4, -0.2) is 0 Å². The van der Waals surface area contributed by atoms with Crippen molar-refractivity contribution < 1.29 is 8.83 Å². The molecule has 0 spiro atoms. The molecule has 0 aliphatic carbocycles. The average molecular weight is 272 g/mol. The first-order valence-electron chi connectivity index (χ1n) is 6.32. The van der Waals surface area contributed by atoms with Gasteiger partial charge in [-0.1, -0.05) is 0 Å². The summed E-state index contributed by atoms with van der Waals surface area (Å²) >= 11 is 1.78. The van der Waals surface area contributed by atoms with Crippen LogP contribution in [0.5, 0.6) is 0 Å². The van der Waals surface area contributed by atoms with Crippen molar-refractivity contribution in [3.05, 3.63) is 69.2 Å². The van der Waals surface area contributed by atoms with Crippen molar-refractivity contribution in [2.75, 3.05) is 0 Å². The van der Waals surface area contributed by atoms with Gasteiger partial charge < -0.3 is 8.83 Å². The Hall–Kier alpha value is -1.74. The average Bonchev–Trinajstić information content (AvgIpc) is 3.05. The third-order valence-corrected chi connectivity index (χ3v) is 4.20. The highest BCUT2D eigenvalue weighted by Gasteiger charge is 2.24. The molecule has 98 valence electrons. The van der Waals surface area contributed by atoms with Gasteiger partial charge in [-0.3, -0.25) is 0 Å². The van der Waals surface area contributed by atoms with Crippen LogP contribution in [0.2, 0.25) is 0 Å². The molecule has 0 saturated heterocycles. The van der Waals surface area contributed by atoms with Crippen LogP contribution >= 0.6 is 11.3 Å². The zero-order valence-corrected chi connectivity index (χ0v) is 12.1. The quantitative estimate of drug-likeness (QED) is 0.667. The van der Waals surface area contributed by atoms with Gasteiger partial charge in [-0.2, -0.15) is 0 Å². The molecule has 0 aromatic carbocycles. The van der Waals surface area contributed by atoms with Gasteiger partial charge >= 0.3 is 0 Å². The third-order valence-electron chi connectivity index (χ3n) is 3.14. The summed E-state index contributed by atoms with van der Waals surface area (Å²) in [5.41, 5.74) is 0. The van der Waals surface area contributed by atoms with E-state index in [0.29, 0.717) is 0 Å². The molecule has 0 aliphatic heterocycles.